The van der Waals surface area contributed by atoms with Crippen LogP contribution in [0.5, 0.6) is 11.5 Å². The highest BCUT2D eigenvalue weighted by molar-refractivity contribution is 7.89. The number of aromatic nitrogens is 1. The van der Waals surface area contributed by atoms with Gasteiger partial charge in [-0.25, -0.2) is 8.42 Å². The zero-order valence-electron chi connectivity index (χ0n) is 19.2. The summed E-state index contributed by atoms with van der Waals surface area (Å²) in [4.78, 5) is 17.9. The molecule has 0 N–H and O–H groups in total. The summed E-state index contributed by atoms with van der Waals surface area (Å²) >= 11 is 1.39. The van der Waals surface area contributed by atoms with Gasteiger partial charge in [0.2, 0.25) is 16.8 Å². The molecule has 1 aromatic heterocycles. The normalized spacial score (nSPS) is 13.6. The third kappa shape index (κ3) is 4.47. The average Bonchev–Trinajstić information content (AvgIpc) is 3.46. The van der Waals surface area contributed by atoms with E-state index in [9.17, 15) is 13.2 Å². The molecule has 4 aromatic rings. The maximum absolute atomic E-state index is 13.0. The van der Waals surface area contributed by atoms with Gasteiger partial charge in [-0.3, -0.25) is 4.79 Å². The van der Waals surface area contributed by atoms with Crippen molar-refractivity contribution in [3.63, 3.8) is 0 Å². The molecule has 0 saturated carbocycles. The van der Waals surface area contributed by atoms with E-state index in [2.05, 4.69) is 4.99 Å². The molecule has 1 aliphatic rings. The minimum atomic E-state index is -3.71. The van der Waals surface area contributed by atoms with Gasteiger partial charge in [0.15, 0.2) is 16.3 Å². The first-order valence-electron chi connectivity index (χ1n) is 11.0. The fourth-order valence-electron chi connectivity index (χ4n) is 3.88. The SMILES string of the molecule is CCn1c(=NC(=O)c2ccc(S(=O)(=O)N(C)Cc3ccccc3)cc2)sc2cc3c(cc21)OCO3. The monoisotopic (exact) mass is 509 g/mol. The number of fused-ring (bicyclic) bond motifs is 2. The largest absolute Gasteiger partial charge is 0.454 e. The molecule has 0 radical (unpaired) electrons. The summed E-state index contributed by atoms with van der Waals surface area (Å²) in [5.74, 6) is 0.902. The fraction of sp³-hybridized carbons (Fsp3) is 0.200. The Kier molecular flexibility index (Phi) is 6.18. The second-order valence-electron chi connectivity index (χ2n) is 7.99. The van der Waals surface area contributed by atoms with Crippen LogP contribution in [-0.4, -0.2) is 37.0 Å². The number of thiazole rings is 1. The third-order valence-corrected chi connectivity index (χ3v) is 8.61. The zero-order valence-corrected chi connectivity index (χ0v) is 20.8. The number of nitrogens with zero attached hydrogens (tertiary/aromatic N) is 3. The van der Waals surface area contributed by atoms with Crippen LogP contribution in [-0.2, 0) is 23.1 Å². The highest BCUT2D eigenvalue weighted by Gasteiger charge is 2.22. The summed E-state index contributed by atoms with van der Waals surface area (Å²) in [6, 6.07) is 19.0. The fourth-order valence-corrected chi connectivity index (χ4v) is 6.14. The van der Waals surface area contributed by atoms with Crippen LogP contribution in [0, 0.1) is 0 Å². The molecule has 1 amide bonds. The van der Waals surface area contributed by atoms with Gasteiger partial charge >= 0.3 is 0 Å². The van der Waals surface area contributed by atoms with Crippen molar-refractivity contribution in [2.24, 2.45) is 4.99 Å². The summed E-state index contributed by atoms with van der Waals surface area (Å²) in [7, 11) is -2.17. The lowest BCUT2D eigenvalue weighted by atomic mass is 10.2. The van der Waals surface area contributed by atoms with Crippen LogP contribution < -0.4 is 14.3 Å². The summed E-state index contributed by atoms with van der Waals surface area (Å²) in [5, 5.41) is 0. The molecule has 3 aromatic carbocycles. The van der Waals surface area contributed by atoms with Crippen LogP contribution in [0.4, 0.5) is 0 Å². The Labute approximate surface area is 206 Å². The second-order valence-corrected chi connectivity index (χ2v) is 11.0. The Balaban J connectivity index is 1.41. The predicted molar refractivity (Wildman–Crippen MR) is 133 cm³/mol. The molecule has 35 heavy (non-hydrogen) atoms. The minimum Gasteiger partial charge on any atom is -0.454 e. The Bertz CT molecular complexity index is 1570. The third-order valence-electron chi connectivity index (χ3n) is 5.75. The Morgan fingerprint density at radius 1 is 1.06 bits per heavy atom. The number of amides is 1. The molecule has 0 unspecified atom stereocenters. The molecule has 1 aliphatic heterocycles. The van der Waals surface area contributed by atoms with Crippen molar-refractivity contribution in [1.29, 1.82) is 0 Å². The van der Waals surface area contributed by atoms with Crippen molar-refractivity contribution < 1.29 is 22.7 Å². The first-order chi connectivity index (χ1) is 16.9. The second kappa shape index (κ2) is 9.29. The summed E-state index contributed by atoms with van der Waals surface area (Å²) in [5.41, 5.74) is 2.11. The van der Waals surface area contributed by atoms with Gasteiger partial charge in [0.1, 0.15) is 0 Å². The maximum atomic E-state index is 13.0. The number of sulfonamides is 1. The number of rotatable bonds is 6. The molecule has 5 rings (SSSR count). The lowest BCUT2D eigenvalue weighted by Crippen LogP contribution is -2.26. The van der Waals surface area contributed by atoms with E-state index in [-0.39, 0.29) is 18.2 Å². The molecular weight excluding hydrogens is 486 g/mol. The number of aryl methyl sites for hydroxylation is 1. The number of hydrogen-bond acceptors (Lipinski definition) is 6. The Hall–Kier alpha value is -3.47. The predicted octanol–water partition coefficient (Wildman–Crippen LogP) is 4.01. The average molecular weight is 510 g/mol. The van der Waals surface area contributed by atoms with Gasteiger partial charge in [-0.05, 0) is 36.8 Å². The molecule has 10 heteroatoms. The number of benzene rings is 3. The smallest absolute Gasteiger partial charge is 0.279 e. The zero-order chi connectivity index (χ0) is 24.6. The summed E-state index contributed by atoms with van der Waals surface area (Å²) in [6.07, 6.45) is 0. The van der Waals surface area contributed by atoms with Crippen molar-refractivity contribution in [1.82, 2.24) is 8.87 Å². The molecule has 0 fully saturated rings. The van der Waals surface area contributed by atoms with Crippen LogP contribution in [0.25, 0.3) is 10.2 Å². The summed E-state index contributed by atoms with van der Waals surface area (Å²) in [6.45, 7) is 3.05. The first-order valence-corrected chi connectivity index (χ1v) is 13.2. The van der Waals surface area contributed by atoms with Gasteiger partial charge in [-0.2, -0.15) is 9.30 Å². The molecule has 0 aliphatic carbocycles. The minimum absolute atomic E-state index is 0.118. The van der Waals surface area contributed by atoms with Gasteiger partial charge in [0.25, 0.3) is 5.91 Å². The molecule has 0 bridgehead atoms. The standard InChI is InChI=1S/C25H23N3O5S2/c1-3-28-20-13-21-22(33-16-32-21)14-23(20)34-25(28)26-24(29)18-9-11-19(12-10-18)35(30,31)27(2)15-17-7-5-4-6-8-17/h4-14H,3,15-16H2,1-2H3. The molecule has 8 nitrogen and oxygen atoms in total. The maximum Gasteiger partial charge on any atom is 0.279 e. The van der Waals surface area contributed by atoms with Gasteiger partial charge < -0.3 is 14.0 Å². The highest BCUT2D eigenvalue weighted by Crippen LogP contribution is 2.37. The van der Waals surface area contributed by atoms with E-state index in [1.54, 1.807) is 0 Å². The van der Waals surface area contributed by atoms with Gasteiger partial charge in [0, 0.05) is 37.8 Å². The molecular formula is C25H23N3O5S2. The van der Waals surface area contributed by atoms with Gasteiger partial charge in [-0.15, -0.1) is 0 Å². The molecule has 0 atom stereocenters. The van der Waals surface area contributed by atoms with Crippen LogP contribution in [0.15, 0.2) is 76.6 Å². The van der Waals surface area contributed by atoms with Crippen molar-refractivity contribution >= 4 is 37.5 Å². The van der Waals surface area contributed by atoms with Crippen LogP contribution in [0.1, 0.15) is 22.8 Å². The molecule has 180 valence electrons. The number of hydrogen-bond donors (Lipinski definition) is 0. The number of ether oxygens (including phenoxy) is 2. The van der Waals surface area contributed by atoms with Gasteiger partial charge in [-0.1, -0.05) is 41.7 Å². The van der Waals surface area contributed by atoms with E-state index in [0.717, 1.165) is 15.8 Å². The lowest BCUT2D eigenvalue weighted by molar-refractivity contribution is 0.0997. The highest BCUT2D eigenvalue weighted by atomic mass is 32.2. The van der Waals surface area contributed by atoms with Crippen molar-refractivity contribution in [3.8, 4) is 11.5 Å². The van der Waals surface area contributed by atoms with Crippen molar-refractivity contribution in [2.45, 2.75) is 24.9 Å². The van der Waals surface area contributed by atoms with Gasteiger partial charge in [0.05, 0.1) is 15.1 Å². The lowest BCUT2D eigenvalue weighted by Gasteiger charge is -2.17. The molecule has 2 heterocycles. The van der Waals surface area contributed by atoms with E-state index >= 15 is 0 Å². The van der Waals surface area contributed by atoms with Crippen LogP contribution >= 0.6 is 11.3 Å². The number of carbonyl (C=O) groups is 1. The van der Waals surface area contributed by atoms with Crippen LogP contribution in [0.2, 0.25) is 0 Å². The van der Waals surface area contributed by atoms with E-state index in [4.69, 9.17) is 9.47 Å². The molecule has 0 saturated heterocycles. The topological polar surface area (TPSA) is 90.2 Å². The number of carbonyl (C=O) groups excluding carboxylic acids is 1. The van der Waals surface area contributed by atoms with Crippen LogP contribution in [0.3, 0.4) is 0 Å². The Morgan fingerprint density at radius 2 is 1.74 bits per heavy atom. The van der Waals surface area contributed by atoms with E-state index in [0.29, 0.717) is 28.4 Å². The molecule has 0 spiro atoms. The van der Waals surface area contributed by atoms with E-state index in [1.165, 1.54) is 47.0 Å². The summed E-state index contributed by atoms with van der Waals surface area (Å²) < 4.78 is 41.0. The Morgan fingerprint density at radius 3 is 2.43 bits per heavy atom. The van der Waals surface area contributed by atoms with Crippen molar-refractivity contribution in [2.75, 3.05) is 13.8 Å². The first kappa shape index (κ1) is 23.3. The quantitative estimate of drug-likeness (QED) is 0.392. The van der Waals surface area contributed by atoms with E-state index < -0.39 is 15.9 Å². The van der Waals surface area contributed by atoms with Crippen molar-refractivity contribution in [3.05, 3.63) is 82.7 Å². The van der Waals surface area contributed by atoms with E-state index in [1.807, 2.05) is 54.0 Å².